The standard InChI is InChI=1S/C17H21ClN2O4/c1-2-5-19-16(21)11-3-6-20(7-4-11)17(22)12-8-13(18)15-14(9-12)23-10-24-15/h8-9,11H,2-7,10H2,1H3,(H,19,21). The molecule has 0 aromatic heterocycles. The van der Waals surface area contributed by atoms with Gasteiger partial charge in [-0.3, -0.25) is 9.59 Å². The van der Waals surface area contributed by atoms with Gasteiger partial charge in [0.1, 0.15) is 0 Å². The summed E-state index contributed by atoms with van der Waals surface area (Å²) in [7, 11) is 0. The van der Waals surface area contributed by atoms with Crippen LogP contribution in [0.25, 0.3) is 0 Å². The highest BCUT2D eigenvalue weighted by Crippen LogP contribution is 2.40. The minimum atomic E-state index is -0.0948. The van der Waals surface area contributed by atoms with Crippen molar-refractivity contribution in [3.63, 3.8) is 0 Å². The van der Waals surface area contributed by atoms with Crippen LogP contribution in [0.1, 0.15) is 36.5 Å². The van der Waals surface area contributed by atoms with Crippen molar-refractivity contribution in [1.82, 2.24) is 10.2 Å². The normalized spacial score (nSPS) is 17.0. The van der Waals surface area contributed by atoms with Gasteiger partial charge in [0.05, 0.1) is 5.02 Å². The maximum Gasteiger partial charge on any atom is 0.254 e. The fourth-order valence-corrected chi connectivity index (χ4v) is 3.28. The third-order valence-corrected chi connectivity index (χ3v) is 4.66. The van der Waals surface area contributed by atoms with Crippen LogP contribution in [0.3, 0.4) is 0 Å². The molecule has 130 valence electrons. The van der Waals surface area contributed by atoms with Crippen molar-refractivity contribution in [1.29, 1.82) is 0 Å². The molecular formula is C17H21ClN2O4. The Hall–Kier alpha value is -1.95. The molecular weight excluding hydrogens is 332 g/mol. The van der Waals surface area contributed by atoms with E-state index in [-0.39, 0.29) is 24.5 Å². The summed E-state index contributed by atoms with van der Waals surface area (Å²) in [5.74, 6) is 0.970. The first-order valence-electron chi connectivity index (χ1n) is 8.26. The van der Waals surface area contributed by atoms with Crippen LogP contribution in [0.2, 0.25) is 5.02 Å². The largest absolute Gasteiger partial charge is 0.454 e. The van der Waals surface area contributed by atoms with Crippen molar-refractivity contribution in [3.8, 4) is 11.5 Å². The molecule has 0 atom stereocenters. The second-order valence-corrected chi connectivity index (χ2v) is 6.46. The highest BCUT2D eigenvalue weighted by molar-refractivity contribution is 6.32. The second-order valence-electron chi connectivity index (χ2n) is 6.05. The number of halogens is 1. The van der Waals surface area contributed by atoms with Crippen LogP contribution in [0, 0.1) is 5.92 Å². The molecule has 2 heterocycles. The molecule has 1 aromatic carbocycles. The number of piperidine rings is 1. The summed E-state index contributed by atoms with van der Waals surface area (Å²) in [6, 6.07) is 3.27. The van der Waals surface area contributed by atoms with E-state index in [1.165, 1.54) is 0 Å². The third kappa shape index (κ3) is 3.43. The molecule has 0 aliphatic carbocycles. The van der Waals surface area contributed by atoms with E-state index in [4.69, 9.17) is 21.1 Å². The summed E-state index contributed by atoms with van der Waals surface area (Å²) in [5, 5.41) is 3.30. The van der Waals surface area contributed by atoms with Crippen LogP contribution in [-0.2, 0) is 4.79 Å². The molecule has 1 fully saturated rings. The predicted octanol–water partition coefficient (Wildman–Crippen LogP) is 2.45. The lowest BCUT2D eigenvalue weighted by Gasteiger charge is -2.31. The number of likely N-dealkylation sites (tertiary alicyclic amines) is 1. The Balaban J connectivity index is 1.62. The van der Waals surface area contributed by atoms with Crippen molar-refractivity contribution in [3.05, 3.63) is 22.7 Å². The Labute approximate surface area is 146 Å². The third-order valence-electron chi connectivity index (χ3n) is 4.38. The van der Waals surface area contributed by atoms with E-state index in [0.29, 0.717) is 54.6 Å². The number of rotatable bonds is 4. The fraction of sp³-hybridized carbons (Fsp3) is 0.529. The van der Waals surface area contributed by atoms with Crippen molar-refractivity contribution < 1.29 is 19.1 Å². The second kappa shape index (κ2) is 7.30. The van der Waals surface area contributed by atoms with Gasteiger partial charge in [-0.05, 0) is 31.4 Å². The topological polar surface area (TPSA) is 67.9 Å². The number of hydrogen-bond acceptors (Lipinski definition) is 4. The number of nitrogens with one attached hydrogen (secondary N) is 1. The molecule has 1 N–H and O–H groups in total. The van der Waals surface area contributed by atoms with Gasteiger partial charge in [0.25, 0.3) is 5.91 Å². The minimum Gasteiger partial charge on any atom is -0.454 e. The van der Waals surface area contributed by atoms with Crippen molar-refractivity contribution >= 4 is 23.4 Å². The first kappa shape index (κ1) is 16.9. The Kier molecular flexibility index (Phi) is 5.14. The molecule has 7 heteroatoms. The molecule has 0 bridgehead atoms. The van der Waals surface area contributed by atoms with Gasteiger partial charge in [-0.2, -0.15) is 0 Å². The molecule has 1 saturated heterocycles. The lowest BCUT2D eigenvalue weighted by Crippen LogP contribution is -2.43. The number of ether oxygens (including phenoxy) is 2. The molecule has 6 nitrogen and oxygen atoms in total. The number of fused-ring (bicyclic) bond motifs is 1. The van der Waals surface area contributed by atoms with Gasteiger partial charge in [0, 0.05) is 31.1 Å². The summed E-state index contributed by atoms with van der Waals surface area (Å²) in [4.78, 5) is 26.4. The van der Waals surface area contributed by atoms with Gasteiger partial charge < -0.3 is 19.7 Å². The average molecular weight is 353 g/mol. The van der Waals surface area contributed by atoms with Gasteiger partial charge in [0.2, 0.25) is 12.7 Å². The highest BCUT2D eigenvalue weighted by atomic mass is 35.5. The number of hydrogen-bond donors (Lipinski definition) is 1. The summed E-state index contributed by atoms with van der Waals surface area (Å²) < 4.78 is 10.6. The first-order chi connectivity index (χ1) is 11.6. The average Bonchev–Trinajstić information content (AvgIpc) is 3.08. The van der Waals surface area contributed by atoms with Gasteiger partial charge in [-0.25, -0.2) is 0 Å². The lowest BCUT2D eigenvalue weighted by molar-refractivity contribution is -0.126. The van der Waals surface area contributed by atoms with E-state index in [1.54, 1.807) is 17.0 Å². The molecule has 0 spiro atoms. The van der Waals surface area contributed by atoms with E-state index >= 15 is 0 Å². The molecule has 0 unspecified atom stereocenters. The minimum absolute atomic E-state index is 0.0130. The number of nitrogens with zero attached hydrogens (tertiary/aromatic N) is 1. The smallest absolute Gasteiger partial charge is 0.254 e. The van der Waals surface area contributed by atoms with Crippen LogP contribution >= 0.6 is 11.6 Å². The number of carbonyl (C=O) groups is 2. The number of benzene rings is 1. The van der Waals surface area contributed by atoms with E-state index in [9.17, 15) is 9.59 Å². The van der Waals surface area contributed by atoms with Crippen LogP contribution < -0.4 is 14.8 Å². The molecule has 3 rings (SSSR count). The van der Waals surface area contributed by atoms with Crippen molar-refractivity contribution in [2.45, 2.75) is 26.2 Å². The van der Waals surface area contributed by atoms with E-state index < -0.39 is 0 Å². The van der Waals surface area contributed by atoms with E-state index in [0.717, 1.165) is 6.42 Å². The van der Waals surface area contributed by atoms with Gasteiger partial charge in [-0.15, -0.1) is 0 Å². The molecule has 2 aliphatic rings. The zero-order chi connectivity index (χ0) is 17.1. The molecule has 1 aromatic rings. The van der Waals surface area contributed by atoms with Crippen molar-refractivity contribution in [2.75, 3.05) is 26.4 Å². The SMILES string of the molecule is CCCNC(=O)C1CCN(C(=O)c2cc(Cl)c3c(c2)OCO3)CC1. The quantitative estimate of drug-likeness (QED) is 0.903. The molecule has 0 saturated carbocycles. The number of carbonyl (C=O) groups excluding carboxylic acids is 2. The fourth-order valence-electron chi connectivity index (χ4n) is 3.01. The maximum atomic E-state index is 12.7. The maximum absolute atomic E-state index is 12.7. The van der Waals surface area contributed by atoms with Gasteiger partial charge in [-0.1, -0.05) is 18.5 Å². The highest BCUT2D eigenvalue weighted by Gasteiger charge is 2.29. The van der Waals surface area contributed by atoms with E-state index in [1.807, 2.05) is 6.92 Å². The van der Waals surface area contributed by atoms with Gasteiger partial charge >= 0.3 is 0 Å². The van der Waals surface area contributed by atoms with Crippen LogP contribution in [0.4, 0.5) is 0 Å². The predicted molar refractivity (Wildman–Crippen MR) is 89.5 cm³/mol. The Morgan fingerprint density at radius 2 is 2.04 bits per heavy atom. The Morgan fingerprint density at radius 3 is 2.75 bits per heavy atom. The Morgan fingerprint density at radius 1 is 1.29 bits per heavy atom. The summed E-state index contributed by atoms with van der Waals surface area (Å²) in [6.07, 6.45) is 2.28. The molecule has 2 aliphatic heterocycles. The van der Waals surface area contributed by atoms with Crippen molar-refractivity contribution in [2.24, 2.45) is 5.92 Å². The zero-order valence-corrected chi connectivity index (χ0v) is 14.4. The molecule has 24 heavy (non-hydrogen) atoms. The number of amides is 2. The molecule has 0 radical (unpaired) electrons. The van der Waals surface area contributed by atoms with Crippen LogP contribution in [-0.4, -0.2) is 43.1 Å². The Bertz CT molecular complexity index is 642. The van der Waals surface area contributed by atoms with E-state index in [2.05, 4.69) is 5.32 Å². The summed E-state index contributed by atoms with van der Waals surface area (Å²) in [5.41, 5.74) is 0.484. The molecule has 2 amide bonds. The van der Waals surface area contributed by atoms with Gasteiger partial charge in [0.15, 0.2) is 11.5 Å². The lowest BCUT2D eigenvalue weighted by atomic mass is 9.95. The summed E-state index contributed by atoms with van der Waals surface area (Å²) >= 11 is 6.14. The monoisotopic (exact) mass is 352 g/mol. The summed E-state index contributed by atoms with van der Waals surface area (Å²) in [6.45, 7) is 3.97. The first-order valence-corrected chi connectivity index (χ1v) is 8.64. The van der Waals surface area contributed by atoms with Crippen LogP contribution in [0.5, 0.6) is 11.5 Å². The van der Waals surface area contributed by atoms with Crippen LogP contribution in [0.15, 0.2) is 12.1 Å². The zero-order valence-electron chi connectivity index (χ0n) is 13.6.